The van der Waals surface area contributed by atoms with Crippen LogP contribution in [0.3, 0.4) is 0 Å². The summed E-state index contributed by atoms with van der Waals surface area (Å²) in [5.74, 6) is -0.00124. The molecule has 1 amide bonds. The van der Waals surface area contributed by atoms with E-state index >= 15 is 0 Å². The van der Waals surface area contributed by atoms with Gasteiger partial charge in [-0.15, -0.1) is 0 Å². The van der Waals surface area contributed by atoms with E-state index in [2.05, 4.69) is 10.6 Å². The molecule has 0 spiro atoms. The van der Waals surface area contributed by atoms with Crippen molar-refractivity contribution in [2.45, 2.75) is 26.3 Å². The van der Waals surface area contributed by atoms with Crippen molar-refractivity contribution < 1.29 is 4.79 Å². The van der Waals surface area contributed by atoms with Crippen LogP contribution in [0.25, 0.3) is 0 Å². The maximum Gasteiger partial charge on any atom is 0.222 e. The van der Waals surface area contributed by atoms with E-state index in [1.165, 1.54) is 0 Å². The molecule has 0 saturated carbocycles. The van der Waals surface area contributed by atoms with E-state index in [4.69, 9.17) is 17.3 Å². The van der Waals surface area contributed by atoms with Crippen LogP contribution in [0.15, 0.2) is 18.2 Å². The first-order chi connectivity index (χ1) is 8.56. The smallest absolute Gasteiger partial charge is 0.222 e. The predicted octanol–water partition coefficient (Wildman–Crippen LogP) is 1.91. The summed E-state index contributed by atoms with van der Waals surface area (Å²) in [5.41, 5.74) is 7.56. The van der Waals surface area contributed by atoms with Crippen molar-refractivity contribution in [3.8, 4) is 0 Å². The number of benzene rings is 1. The Morgan fingerprint density at radius 2 is 2.22 bits per heavy atom. The summed E-state index contributed by atoms with van der Waals surface area (Å²) in [7, 11) is 0. The highest BCUT2D eigenvalue weighted by Crippen LogP contribution is 2.20. The number of amides is 1. The summed E-state index contributed by atoms with van der Waals surface area (Å²) in [6, 6.07) is 5.62. The highest BCUT2D eigenvalue weighted by molar-refractivity contribution is 6.31. The van der Waals surface area contributed by atoms with Crippen molar-refractivity contribution in [2.24, 2.45) is 5.73 Å². The van der Waals surface area contributed by atoms with Gasteiger partial charge in [-0.1, -0.05) is 17.7 Å². The first-order valence-electron chi connectivity index (χ1n) is 6.06. The Balaban J connectivity index is 2.62. The van der Waals surface area contributed by atoms with Crippen molar-refractivity contribution in [3.63, 3.8) is 0 Å². The van der Waals surface area contributed by atoms with E-state index in [-0.39, 0.29) is 11.9 Å². The van der Waals surface area contributed by atoms with Crippen molar-refractivity contribution >= 4 is 23.2 Å². The molecule has 0 radical (unpaired) electrons. The van der Waals surface area contributed by atoms with Gasteiger partial charge in [0, 0.05) is 36.3 Å². The second-order valence-electron chi connectivity index (χ2n) is 4.20. The van der Waals surface area contributed by atoms with Crippen molar-refractivity contribution in [3.05, 3.63) is 28.8 Å². The SMILES string of the molecule is CCNC(=O)CC(CN)Nc1ccc(C)c(Cl)c1. The molecule has 18 heavy (non-hydrogen) atoms. The van der Waals surface area contributed by atoms with E-state index in [0.29, 0.717) is 24.5 Å². The van der Waals surface area contributed by atoms with Crippen LogP contribution in [-0.2, 0) is 4.79 Å². The lowest BCUT2D eigenvalue weighted by atomic mass is 10.1. The highest BCUT2D eigenvalue weighted by Gasteiger charge is 2.11. The molecular weight excluding hydrogens is 250 g/mol. The third-order valence-electron chi connectivity index (χ3n) is 2.63. The molecule has 0 aliphatic carbocycles. The summed E-state index contributed by atoms with van der Waals surface area (Å²) < 4.78 is 0. The molecule has 5 heteroatoms. The normalized spacial score (nSPS) is 12.0. The van der Waals surface area contributed by atoms with Gasteiger partial charge in [0.2, 0.25) is 5.91 Å². The van der Waals surface area contributed by atoms with Crippen molar-refractivity contribution in [1.29, 1.82) is 0 Å². The fourth-order valence-electron chi connectivity index (χ4n) is 1.60. The van der Waals surface area contributed by atoms with E-state index in [1.54, 1.807) is 0 Å². The number of nitrogens with two attached hydrogens (primary N) is 1. The molecule has 0 saturated heterocycles. The number of hydrogen-bond donors (Lipinski definition) is 3. The molecule has 0 aliphatic heterocycles. The van der Waals surface area contributed by atoms with E-state index in [9.17, 15) is 4.79 Å². The van der Waals surface area contributed by atoms with Crippen LogP contribution in [0.5, 0.6) is 0 Å². The summed E-state index contributed by atoms with van der Waals surface area (Å²) in [6.45, 7) is 4.86. The largest absolute Gasteiger partial charge is 0.380 e. The Morgan fingerprint density at radius 1 is 1.50 bits per heavy atom. The summed E-state index contributed by atoms with van der Waals surface area (Å²) in [4.78, 5) is 11.5. The molecule has 0 fully saturated rings. The van der Waals surface area contributed by atoms with Gasteiger partial charge in [0.1, 0.15) is 0 Å². The van der Waals surface area contributed by atoms with Crippen molar-refractivity contribution in [2.75, 3.05) is 18.4 Å². The number of carbonyl (C=O) groups excluding carboxylic acids is 1. The molecule has 1 rings (SSSR count). The monoisotopic (exact) mass is 269 g/mol. The Bertz CT molecular complexity index is 409. The first kappa shape index (κ1) is 14.8. The zero-order chi connectivity index (χ0) is 13.5. The zero-order valence-electron chi connectivity index (χ0n) is 10.8. The van der Waals surface area contributed by atoms with Gasteiger partial charge in [0.15, 0.2) is 0 Å². The van der Waals surface area contributed by atoms with E-state index in [1.807, 2.05) is 32.0 Å². The molecule has 1 aromatic carbocycles. The average molecular weight is 270 g/mol. The summed E-state index contributed by atoms with van der Waals surface area (Å²) in [5, 5.41) is 6.67. The molecule has 0 aromatic heterocycles. The lowest BCUT2D eigenvalue weighted by molar-refractivity contribution is -0.121. The Kier molecular flexibility index (Phi) is 5.95. The van der Waals surface area contributed by atoms with Crippen LogP contribution in [-0.4, -0.2) is 25.0 Å². The topological polar surface area (TPSA) is 67.2 Å². The molecule has 100 valence electrons. The second-order valence-corrected chi connectivity index (χ2v) is 4.61. The first-order valence-corrected chi connectivity index (χ1v) is 6.44. The van der Waals surface area contributed by atoms with Gasteiger partial charge in [-0.05, 0) is 31.5 Å². The average Bonchev–Trinajstić information content (AvgIpc) is 2.33. The maximum atomic E-state index is 11.5. The van der Waals surface area contributed by atoms with Gasteiger partial charge in [0.25, 0.3) is 0 Å². The summed E-state index contributed by atoms with van der Waals surface area (Å²) in [6.07, 6.45) is 0.357. The fourth-order valence-corrected chi connectivity index (χ4v) is 1.79. The van der Waals surface area contributed by atoms with Crippen LogP contribution in [0.4, 0.5) is 5.69 Å². The van der Waals surface area contributed by atoms with E-state index in [0.717, 1.165) is 11.3 Å². The quantitative estimate of drug-likeness (QED) is 0.739. The van der Waals surface area contributed by atoms with Crippen LogP contribution >= 0.6 is 11.6 Å². The van der Waals surface area contributed by atoms with Gasteiger partial charge in [-0.3, -0.25) is 4.79 Å². The minimum Gasteiger partial charge on any atom is -0.380 e. The second kappa shape index (κ2) is 7.24. The molecule has 4 N–H and O–H groups in total. The van der Waals surface area contributed by atoms with Gasteiger partial charge < -0.3 is 16.4 Å². The lowest BCUT2D eigenvalue weighted by Gasteiger charge is -2.18. The number of aryl methyl sites for hydroxylation is 1. The van der Waals surface area contributed by atoms with Gasteiger partial charge in [-0.25, -0.2) is 0 Å². The molecule has 4 nitrogen and oxygen atoms in total. The van der Waals surface area contributed by atoms with Gasteiger partial charge >= 0.3 is 0 Å². The number of carbonyl (C=O) groups is 1. The molecule has 1 unspecified atom stereocenters. The summed E-state index contributed by atoms with van der Waals surface area (Å²) >= 11 is 6.05. The molecule has 1 aromatic rings. The number of anilines is 1. The Hall–Kier alpha value is -1.26. The lowest BCUT2D eigenvalue weighted by Crippen LogP contribution is -2.35. The minimum absolute atomic E-state index is 0.00124. The standard InChI is InChI=1S/C13H20ClN3O/c1-3-16-13(18)7-11(8-15)17-10-5-4-9(2)12(14)6-10/h4-6,11,17H,3,7-8,15H2,1-2H3,(H,16,18). The minimum atomic E-state index is -0.0877. The molecule has 1 atom stereocenters. The number of nitrogens with one attached hydrogen (secondary N) is 2. The third-order valence-corrected chi connectivity index (χ3v) is 3.04. The number of halogens is 1. The zero-order valence-corrected chi connectivity index (χ0v) is 11.6. The maximum absolute atomic E-state index is 11.5. The molecule has 0 aliphatic rings. The molecular formula is C13H20ClN3O. The predicted molar refractivity (Wildman–Crippen MR) is 76.0 cm³/mol. The molecule has 0 heterocycles. The van der Waals surface area contributed by atoms with Crippen LogP contribution in [0.2, 0.25) is 5.02 Å². The van der Waals surface area contributed by atoms with Crippen LogP contribution in [0, 0.1) is 6.92 Å². The molecule has 0 bridgehead atoms. The van der Waals surface area contributed by atoms with Gasteiger partial charge in [0.05, 0.1) is 0 Å². The highest BCUT2D eigenvalue weighted by atomic mass is 35.5. The van der Waals surface area contributed by atoms with E-state index < -0.39 is 0 Å². The fraction of sp³-hybridized carbons (Fsp3) is 0.462. The van der Waals surface area contributed by atoms with Crippen molar-refractivity contribution in [1.82, 2.24) is 5.32 Å². The van der Waals surface area contributed by atoms with Gasteiger partial charge in [-0.2, -0.15) is 0 Å². The van der Waals surface area contributed by atoms with Crippen LogP contribution in [0.1, 0.15) is 18.9 Å². The number of hydrogen-bond acceptors (Lipinski definition) is 3. The van der Waals surface area contributed by atoms with Crippen LogP contribution < -0.4 is 16.4 Å². The Morgan fingerprint density at radius 3 is 2.78 bits per heavy atom. The number of rotatable bonds is 6. The Labute approximate surface area is 113 Å². The third kappa shape index (κ3) is 4.55.